The van der Waals surface area contributed by atoms with E-state index in [1.165, 1.54) is 11.9 Å². The molecular formula is C24H26F3N3O. The predicted octanol–water partition coefficient (Wildman–Crippen LogP) is 4.64. The summed E-state index contributed by atoms with van der Waals surface area (Å²) in [4.78, 5) is 14.7. The largest absolute Gasteiger partial charge is 0.300 e. The summed E-state index contributed by atoms with van der Waals surface area (Å²) < 4.78 is 41.9. The van der Waals surface area contributed by atoms with Crippen LogP contribution in [-0.4, -0.2) is 47.3 Å². The molecular weight excluding hydrogens is 403 g/mol. The van der Waals surface area contributed by atoms with Crippen LogP contribution in [0.1, 0.15) is 43.7 Å². The number of alkyl halides is 1. The van der Waals surface area contributed by atoms with Crippen molar-refractivity contribution in [1.29, 1.82) is 0 Å². The Morgan fingerprint density at radius 2 is 1.97 bits per heavy atom. The van der Waals surface area contributed by atoms with Gasteiger partial charge in [0.1, 0.15) is 17.8 Å². The van der Waals surface area contributed by atoms with E-state index in [4.69, 9.17) is 0 Å². The van der Waals surface area contributed by atoms with Crippen LogP contribution in [0.5, 0.6) is 0 Å². The first-order chi connectivity index (χ1) is 14.9. The van der Waals surface area contributed by atoms with E-state index in [-0.39, 0.29) is 17.9 Å². The highest BCUT2D eigenvalue weighted by molar-refractivity contribution is 6.03. The summed E-state index contributed by atoms with van der Waals surface area (Å²) in [6.07, 6.45) is 1.35. The Balaban J connectivity index is 1.66. The summed E-state index contributed by atoms with van der Waals surface area (Å²) in [6.45, 7) is 3.31. The maximum Gasteiger partial charge on any atom is 0.240 e. The van der Waals surface area contributed by atoms with Crippen LogP contribution < -0.4 is 0 Å². The molecule has 0 unspecified atom stereocenters. The lowest BCUT2D eigenvalue weighted by Crippen LogP contribution is -2.43. The van der Waals surface area contributed by atoms with E-state index >= 15 is 0 Å². The van der Waals surface area contributed by atoms with E-state index in [1.807, 2.05) is 30.3 Å². The van der Waals surface area contributed by atoms with E-state index in [0.29, 0.717) is 31.6 Å². The van der Waals surface area contributed by atoms with Gasteiger partial charge in [0.15, 0.2) is 0 Å². The number of amides is 1. The number of hydrogen-bond donors (Lipinski definition) is 0. The Morgan fingerprint density at radius 3 is 2.65 bits per heavy atom. The number of rotatable bonds is 6. The van der Waals surface area contributed by atoms with Gasteiger partial charge in [-0.3, -0.25) is 4.79 Å². The van der Waals surface area contributed by atoms with Gasteiger partial charge in [-0.25, -0.2) is 18.2 Å². The first-order valence-electron chi connectivity index (χ1n) is 10.6. The lowest BCUT2D eigenvalue weighted by molar-refractivity contribution is -0.135. The Kier molecular flexibility index (Phi) is 6.14. The first kappa shape index (κ1) is 21.6. The molecule has 0 aromatic heterocycles. The van der Waals surface area contributed by atoms with E-state index in [9.17, 15) is 18.0 Å². The smallest absolute Gasteiger partial charge is 0.240 e. The molecule has 1 fully saturated rings. The SMILES string of the molecule is CC(=O)N1N=C(c2cc(F)ccc2F)C[C@@]1(CCCN1CC[C@H](F)C1)c1ccccc1. The van der Waals surface area contributed by atoms with Crippen molar-refractivity contribution in [2.45, 2.75) is 44.3 Å². The number of benzene rings is 2. The van der Waals surface area contributed by atoms with Gasteiger partial charge in [0.05, 0.1) is 11.3 Å². The van der Waals surface area contributed by atoms with Crippen molar-refractivity contribution >= 4 is 11.6 Å². The van der Waals surface area contributed by atoms with Crippen molar-refractivity contribution in [3.63, 3.8) is 0 Å². The van der Waals surface area contributed by atoms with E-state index in [0.717, 1.165) is 36.7 Å². The molecule has 2 heterocycles. The van der Waals surface area contributed by atoms with E-state index < -0.39 is 23.3 Å². The molecule has 2 atom stereocenters. The lowest BCUT2D eigenvalue weighted by atomic mass is 9.80. The van der Waals surface area contributed by atoms with Crippen LogP contribution >= 0.6 is 0 Å². The number of carbonyl (C=O) groups excluding carboxylic acids is 1. The Labute approximate surface area is 180 Å². The quantitative estimate of drug-likeness (QED) is 0.671. The highest BCUT2D eigenvalue weighted by Gasteiger charge is 2.46. The van der Waals surface area contributed by atoms with Crippen LogP contribution in [0.25, 0.3) is 0 Å². The second kappa shape index (κ2) is 8.83. The summed E-state index contributed by atoms with van der Waals surface area (Å²) in [5, 5.41) is 5.89. The van der Waals surface area contributed by atoms with Crippen molar-refractivity contribution in [2.24, 2.45) is 5.10 Å². The van der Waals surface area contributed by atoms with Crippen molar-refractivity contribution < 1.29 is 18.0 Å². The molecule has 2 aliphatic heterocycles. The van der Waals surface area contributed by atoms with Gasteiger partial charge in [-0.1, -0.05) is 30.3 Å². The molecule has 0 N–H and O–H groups in total. The van der Waals surface area contributed by atoms with Gasteiger partial charge in [-0.15, -0.1) is 0 Å². The van der Waals surface area contributed by atoms with Crippen LogP contribution in [0.15, 0.2) is 53.6 Å². The summed E-state index contributed by atoms with van der Waals surface area (Å²) in [5.41, 5.74) is 0.520. The summed E-state index contributed by atoms with van der Waals surface area (Å²) in [6, 6.07) is 12.8. The third-order valence-corrected chi connectivity index (χ3v) is 6.21. The molecule has 1 amide bonds. The van der Waals surface area contributed by atoms with Gasteiger partial charge < -0.3 is 4.90 Å². The third-order valence-electron chi connectivity index (χ3n) is 6.21. The van der Waals surface area contributed by atoms with Crippen molar-refractivity contribution in [3.05, 3.63) is 71.3 Å². The molecule has 31 heavy (non-hydrogen) atoms. The molecule has 0 bridgehead atoms. The maximum atomic E-state index is 14.5. The Hall–Kier alpha value is -2.67. The van der Waals surface area contributed by atoms with Gasteiger partial charge in [-0.05, 0) is 49.6 Å². The van der Waals surface area contributed by atoms with Crippen molar-refractivity contribution in [3.8, 4) is 0 Å². The maximum absolute atomic E-state index is 14.5. The molecule has 0 radical (unpaired) electrons. The highest BCUT2D eigenvalue weighted by Crippen LogP contribution is 2.43. The number of hydrogen-bond acceptors (Lipinski definition) is 3. The summed E-state index contributed by atoms with van der Waals surface area (Å²) >= 11 is 0. The standard InChI is InChI=1S/C24H26F3N3O/c1-17(31)30-24(18-6-3-2-4-7-18,11-5-12-29-13-10-20(26)16-29)15-23(28-30)21-14-19(25)8-9-22(21)27/h2-4,6-9,14,20H,5,10-13,15-16H2,1H3/t20-,24-/m0/s1. The molecule has 7 heteroatoms. The molecule has 0 aliphatic carbocycles. The Morgan fingerprint density at radius 1 is 1.19 bits per heavy atom. The fourth-order valence-corrected chi connectivity index (χ4v) is 4.74. The average Bonchev–Trinajstić information content (AvgIpc) is 3.35. The zero-order valence-electron chi connectivity index (χ0n) is 17.5. The molecule has 2 aromatic rings. The summed E-state index contributed by atoms with van der Waals surface area (Å²) in [5.74, 6) is -1.39. The predicted molar refractivity (Wildman–Crippen MR) is 113 cm³/mol. The van der Waals surface area contributed by atoms with Gasteiger partial charge >= 0.3 is 0 Å². The monoisotopic (exact) mass is 429 g/mol. The number of hydrazone groups is 1. The molecule has 2 aliphatic rings. The zero-order chi connectivity index (χ0) is 22.0. The number of likely N-dealkylation sites (tertiary alicyclic amines) is 1. The highest BCUT2D eigenvalue weighted by atomic mass is 19.1. The minimum atomic E-state index is -0.796. The number of carbonyl (C=O) groups is 1. The van der Waals surface area contributed by atoms with Gasteiger partial charge in [0.25, 0.3) is 0 Å². The van der Waals surface area contributed by atoms with Gasteiger partial charge in [0, 0.05) is 32.0 Å². The lowest BCUT2D eigenvalue weighted by Gasteiger charge is -2.37. The molecule has 0 saturated carbocycles. The van der Waals surface area contributed by atoms with Crippen molar-refractivity contribution in [2.75, 3.05) is 19.6 Å². The fraction of sp³-hybridized carbons (Fsp3) is 0.417. The number of nitrogens with zero attached hydrogens (tertiary/aromatic N) is 3. The molecule has 0 spiro atoms. The topological polar surface area (TPSA) is 35.9 Å². The van der Waals surface area contributed by atoms with E-state index in [2.05, 4.69) is 10.0 Å². The minimum Gasteiger partial charge on any atom is -0.300 e. The average molecular weight is 429 g/mol. The second-order valence-corrected chi connectivity index (χ2v) is 8.37. The second-order valence-electron chi connectivity index (χ2n) is 8.37. The summed E-state index contributed by atoms with van der Waals surface area (Å²) in [7, 11) is 0. The van der Waals surface area contributed by atoms with Gasteiger partial charge in [-0.2, -0.15) is 5.10 Å². The molecule has 1 saturated heterocycles. The Bertz CT molecular complexity index is 981. The first-order valence-corrected chi connectivity index (χ1v) is 10.6. The zero-order valence-corrected chi connectivity index (χ0v) is 17.5. The van der Waals surface area contributed by atoms with Gasteiger partial charge in [0.2, 0.25) is 5.91 Å². The fourth-order valence-electron chi connectivity index (χ4n) is 4.74. The van der Waals surface area contributed by atoms with Crippen LogP contribution in [0.3, 0.4) is 0 Å². The van der Waals surface area contributed by atoms with Crippen LogP contribution in [0.4, 0.5) is 13.2 Å². The van der Waals surface area contributed by atoms with Crippen LogP contribution in [0, 0.1) is 11.6 Å². The normalized spacial score (nSPS) is 23.9. The number of halogens is 3. The van der Waals surface area contributed by atoms with E-state index in [1.54, 1.807) is 0 Å². The molecule has 164 valence electrons. The minimum absolute atomic E-state index is 0.0730. The third kappa shape index (κ3) is 4.37. The van der Waals surface area contributed by atoms with Crippen LogP contribution in [-0.2, 0) is 10.3 Å². The van der Waals surface area contributed by atoms with Crippen molar-refractivity contribution in [1.82, 2.24) is 9.91 Å². The molecule has 4 nitrogen and oxygen atoms in total. The molecule has 2 aromatic carbocycles. The van der Waals surface area contributed by atoms with Crippen LogP contribution in [0.2, 0.25) is 0 Å². The molecule has 4 rings (SSSR count).